The maximum Gasteiger partial charge on any atom is 0.324 e. The lowest BCUT2D eigenvalue weighted by Gasteiger charge is -2.37. The van der Waals surface area contributed by atoms with Crippen LogP contribution in [0.15, 0.2) is 54.9 Å². The van der Waals surface area contributed by atoms with Crippen molar-refractivity contribution in [3.63, 3.8) is 0 Å². The molecule has 3 aliphatic heterocycles. The first-order valence-corrected chi connectivity index (χ1v) is 22.2. The zero-order valence-corrected chi connectivity index (χ0v) is 38.2. The number of likely N-dealkylation sites (N-methyl/N-ethyl adjacent to an activating group) is 2. The lowest BCUT2D eigenvalue weighted by molar-refractivity contribution is -0.155. The van der Waals surface area contributed by atoms with Gasteiger partial charge in [0.2, 0.25) is 17.7 Å². The molecule has 4 N–H and O–H groups in total. The van der Waals surface area contributed by atoms with Crippen LogP contribution in [0.5, 0.6) is 5.75 Å². The van der Waals surface area contributed by atoms with Crippen molar-refractivity contribution in [2.45, 2.75) is 97.6 Å². The van der Waals surface area contributed by atoms with Gasteiger partial charge in [-0.15, -0.1) is 0 Å². The first kappa shape index (κ1) is 46.2. The van der Waals surface area contributed by atoms with E-state index in [2.05, 4.69) is 58.5 Å². The van der Waals surface area contributed by atoms with E-state index in [4.69, 9.17) is 9.47 Å². The molecule has 342 valence electrons. The number of nitrogens with zero attached hydrogens (tertiary/aromatic N) is 5. The number of fused-ring (bicyclic) bond motifs is 6. The predicted octanol–water partition coefficient (Wildman–Crippen LogP) is 3.80. The van der Waals surface area contributed by atoms with E-state index in [1.165, 1.54) is 21.9 Å². The van der Waals surface area contributed by atoms with Gasteiger partial charge in [0.15, 0.2) is 0 Å². The highest BCUT2D eigenvalue weighted by Crippen LogP contribution is 2.41. The van der Waals surface area contributed by atoms with Gasteiger partial charge in [-0.05, 0) is 90.3 Å². The number of phenols is 1. The number of benzene rings is 2. The fraction of sp³-hybridized carbons (Fsp3) is 0.500. The Morgan fingerprint density at radius 3 is 2.56 bits per heavy atom. The van der Waals surface area contributed by atoms with Crippen LogP contribution >= 0.6 is 0 Å². The molecule has 6 bridgehead atoms. The number of cyclic esters (lactones) is 1. The van der Waals surface area contributed by atoms with Gasteiger partial charge in [0.25, 0.3) is 5.91 Å². The quantitative estimate of drug-likeness (QED) is 0.126. The number of hydrogen-bond donors (Lipinski definition) is 4. The SMILES string of the molecule is CCn1c(-c2cnccc2COC)c2c3cc(ccc31)-c1cc(O)cc(c1)C[C@H](NC(=O)C(C(C)C)N(C)C(=O)CN(C)C(=O)[C@H]1CN1)C(=O)N1CCC[C@H](N1)C(=O)OCC(C)(C)C2. The number of methoxy groups -OCH3 is 1. The molecule has 0 aliphatic carbocycles. The van der Waals surface area contributed by atoms with Gasteiger partial charge in [0, 0.05) is 81.5 Å². The Kier molecular flexibility index (Phi) is 13.8. The lowest BCUT2D eigenvalue weighted by atomic mass is 9.84. The van der Waals surface area contributed by atoms with E-state index in [1.807, 2.05) is 38.2 Å². The second-order valence-corrected chi connectivity index (χ2v) is 18.5. The van der Waals surface area contributed by atoms with Crippen molar-refractivity contribution in [1.29, 1.82) is 0 Å². The number of aromatic hydroxyl groups is 1. The number of aromatic nitrogens is 2. The number of hydrazine groups is 1. The summed E-state index contributed by atoms with van der Waals surface area (Å²) in [6.07, 6.45) is 5.10. The minimum atomic E-state index is -1.17. The van der Waals surface area contributed by atoms with Crippen molar-refractivity contribution in [3.05, 3.63) is 71.5 Å². The topological polar surface area (TPSA) is 198 Å². The summed E-state index contributed by atoms with van der Waals surface area (Å²) < 4.78 is 14.0. The molecule has 2 fully saturated rings. The second-order valence-electron chi connectivity index (χ2n) is 18.5. The largest absolute Gasteiger partial charge is 0.508 e. The van der Waals surface area contributed by atoms with E-state index in [9.17, 15) is 29.1 Å². The smallest absolute Gasteiger partial charge is 0.324 e. The van der Waals surface area contributed by atoms with Gasteiger partial charge >= 0.3 is 5.97 Å². The molecule has 16 nitrogen and oxygen atoms in total. The van der Waals surface area contributed by atoms with Crippen LogP contribution < -0.4 is 16.1 Å². The van der Waals surface area contributed by atoms with Crippen molar-refractivity contribution in [2.75, 3.05) is 47.4 Å². The van der Waals surface area contributed by atoms with Gasteiger partial charge in [0.05, 0.1) is 31.5 Å². The molecule has 4 atom stereocenters. The van der Waals surface area contributed by atoms with E-state index in [1.54, 1.807) is 32.5 Å². The van der Waals surface area contributed by atoms with Crippen LogP contribution in [0.25, 0.3) is 33.3 Å². The number of rotatable bonds is 11. The highest BCUT2D eigenvalue weighted by atomic mass is 16.5. The van der Waals surface area contributed by atoms with E-state index in [-0.39, 0.29) is 49.7 Å². The Morgan fingerprint density at radius 2 is 1.86 bits per heavy atom. The maximum atomic E-state index is 14.6. The van der Waals surface area contributed by atoms with Crippen LogP contribution in [-0.4, -0.2) is 131 Å². The second kappa shape index (κ2) is 19.1. The van der Waals surface area contributed by atoms with Crippen LogP contribution in [-0.2, 0) is 59.4 Å². The van der Waals surface area contributed by atoms with Gasteiger partial charge in [-0.25, -0.2) is 5.43 Å². The summed E-state index contributed by atoms with van der Waals surface area (Å²) in [7, 11) is 4.74. The molecule has 1 unspecified atom stereocenters. The number of nitrogens with one attached hydrogen (secondary N) is 3. The molecule has 3 aliphatic rings. The van der Waals surface area contributed by atoms with Gasteiger partial charge < -0.3 is 39.6 Å². The molecule has 0 radical (unpaired) electrons. The molecule has 7 rings (SSSR count). The first-order valence-electron chi connectivity index (χ1n) is 22.2. The van der Waals surface area contributed by atoms with Crippen LogP contribution in [0, 0.1) is 11.3 Å². The van der Waals surface area contributed by atoms with E-state index >= 15 is 0 Å². The Labute approximate surface area is 374 Å². The Bertz CT molecular complexity index is 2430. The molecule has 4 aromatic rings. The highest BCUT2D eigenvalue weighted by molar-refractivity contribution is 5.96. The van der Waals surface area contributed by atoms with Gasteiger partial charge in [-0.1, -0.05) is 39.8 Å². The van der Waals surface area contributed by atoms with Crippen molar-refractivity contribution in [3.8, 4) is 28.1 Å². The predicted molar refractivity (Wildman–Crippen MR) is 241 cm³/mol. The van der Waals surface area contributed by atoms with Gasteiger partial charge in [0.1, 0.15) is 23.9 Å². The summed E-state index contributed by atoms with van der Waals surface area (Å²) >= 11 is 0. The third kappa shape index (κ3) is 9.93. The number of carbonyl (C=O) groups is 5. The number of phenolic OH excluding ortho intramolecular Hbond substituents is 1. The van der Waals surface area contributed by atoms with Crippen LogP contribution in [0.4, 0.5) is 0 Å². The molecule has 2 aromatic carbocycles. The molecule has 16 heteroatoms. The number of pyridine rings is 1. The van der Waals surface area contributed by atoms with Crippen LogP contribution in [0.2, 0.25) is 0 Å². The first-order chi connectivity index (χ1) is 30.5. The standard InChI is InChI=1S/C48H62N8O8/c1-9-55-40-13-12-30-21-34(40)35(43(55)36-23-49-15-14-31(36)26-63-8)22-48(4,5)27-64-47(62)37-11-10-16-56(52-37)46(61)38(19-29-17-32(30)20-33(57)18-29)51-44(59)42(28(2)3)54(7)41(58)25-53(6)45(60)39-24-50-39/h12-15,17-18,20-21,23,28,37-39,42,50,52,57H,9-11,16,19,22,24-27H2,1-8H3,(H,51,59)/t37-,38-,39+,42?/m0/s1. The fourth-order valence-electron chi connectivity index (χ4n) is 9.16. The Balaban J connectivity index is 1.30. The summed E-state index contributed by atoms with van der Waals surface area (Å²) in [6, 6.07) is 10.1. The summed E-state index contributed by atoms with van der Waals surface area (Å²) in [6.45, 7) is 11.6. The van der Waals surface area contributed by atoms with E-state index < -0.39 is 47.2 Å². The summed E-state index contributed by atoms with van der Waals surface area (Å²) in [4.78, 5) is 76.2. The fourth-order valence-corrected chi connectivity index (χ4v) is 9.16. The van der Waals surface area contributed by atoms with Crippen molar-refractivity contribution < 1.29 is 38.6 Å². The zero-order valence-electron chi connectivity index (χ0n) is 38.2. The Morgan fingerprint density at radius 1 is 1.09 bits per heavy atom. The number of esters is 1. The molecule has 0 saturated carbocycles. The number of hydrogen-bond acceptors (Lipinski definition) is 11. The monoisotopic (exact) mass is 878 g/mol. The number of aryl methyl sites for hydroxylation is 1. The van der Waals surface area contributed by atoms with Crippen molar-refractivity contribution >= 4 is 40.5 Å². The molecule has 2 saturated heterocycles. The third-order valence-corrected chi connectivity index (χ3v) is 12.5. The molecule has 2 aromatic heterocycles. The number of carbonyl (C=O) groups excluding carboxylic acids is 5. The molecule has 0 spiro atoms. The van der Waals surface area contributed by atoms with Gasteiger partial charge in [-0.3, -0.25) is 34.0 Å². The van der Waals surface area contributed by atoms with Crippen LogP contribution in [0.3, 0.4) is 0 Å². The average Bonchev–Trinajstić information content (AvgIpc) is 4.07. The van der Waals surface area contributed by atoms with E-state index in [0.29, 0.717) is 50.1 Å². The average molecular weight is 879 g/mol. The van der Waals surface area contributed by atoms with Crippen molar-refractivity contribution in [1.82, 2.24) is 40.4 Å². The third-order valence-electron chi connectivity index (χ3n) is 12.5. The van der Waals surface area contributed by atoms with E-state index in [0.717, 1.165) is 38.9 Å². The normalized spacial score (nSPS) is 20.3. The zero-order chi connectivity index (χ0) is 46.0. The lowest BCUT2D eigenvalue weighted by Crippen LogP contribution is -2.62. The van der Waals surface area contributed by atoms with Gasteiger partial charge in [-0.2, -0.15) is 0 Å². The van der Waals surface area contributed by atoms with Crippen LogP contribution in [0.1, 0.15) is 64.2 Å². The molecular weight excluding hydrogens is 817 g/mol. The minimum Gasteiger partial charge on any atom is -0.508 e. The number of amides is 4. The Hall–Kier alpha value is -5.84. The highest BCUT2D eigenvalue weighted by Gasteiger charge is 2.39. The molecule has 5 heterocycles. The maximum absolute atomic E-state index is 14.6. The van der Waals surface area contributed by atoms with Crippen molar-refractivity contribution in [2.24, 2.45) is 11.3 Å². The summed E-state index contributed by atoms with van der Waals surface area (Å²) in [5.41, 5.74) is 9.68. The summed E-state index contributed by atoms with van der Waals surface area (Å²) in [5, 5.41) is 19.5. The molecule has 64 heavy (non-hydrogen) atoms. The minimum absolute atomic E-state index is 0.0170. The summed E-state index contributed by atoms with van der Waals surface area (Å²) in [5.74, 6) is -2.55. The number of ether oxygens (including phenoxy) is 2. The molecular formula is C48H62N8O8. The molecule has 4 amide bonds.